The van der Waals surface area contributed by atoms with Crippen molar-refractivity contribution in [3.8, 4) is 28.6 Å². The zero-order valence-corrected chi connectivity index (χ0v) is 25.2. The number of carbonyl (C=O) groups excluding carboxylic acids is 1. The number of methoxy groups -OCH3 is 2. The summed E-state index contributed by atoms with van der Waals surface area (Å²) >= 11 is 1.27. The van der Waals surface area contributed by atoms with Crippen molar-refractivity contribution in [2.24, 2.45) is 0 Å². The third-order valence-corrected chi connectivity index (χ3v) is 9.78. The molecule has 0 bridgehead atoms. The number of sulfonamides is 1. The van der Waals surface area contributed by atoms with E-state index in [0.717, 1.165) is 24.1 Å². The maximum absolute atomic E-state index is 13.2. The minimum absolute atomic E-state index is 0.136. The lowest BCUT2D eigenvalue weighted by atomic mass is 10.1. The van der Waals surface area contributed by atoms with Crippen molar-refractivity contribution in [1.82, 2.24) is 24.4 Å². The minimum Gasteiger partial charge on any atom is -0.493 e. The second-order valence-electron chi connectivity index (χ2n) is 9.69. The van der Waals surface area contributed by atoms with E-state index in [1.807, 2.05) is 59.2 Å². The largest absolute Gasteiger partial charge is 0.493 e. The molecule has 0 atom stereocenters. The number of hydrogen-bond donors (Lipinski definition) is 1. The van der Waals surface area contributed by atoms with E-state index in [4.69, 9.17) is 9.47 Å². The minimum atomic E-state index is -3.59. The normalized spacial score (nSPS) is 13.7. The summed E-state index contributed by atoms with van der Waals surface area (Å²) < 4.78 is 40.4. The zero-order chi connectivity index (χ0) is 29.5. The summed E-state index contributed by atoms with van der Waals surface area (Å²) in [5.74, 6) is 1.80. The third kappa shape index (κ3) is 6.61. The topological polar surface area (TPSA) is 116 Å². The van der Waals surface area contributed by atoms with Gasteiger partial charge in [0.2, 0.25) is 15.9 Å². The van der Waals surface area contributed by atoms with Gasteiger partial charge in [-0.2, -0.15) is 4.31 Å². The van der Waals surface area contributed by atoms with Gasteiger partial charge in [-0.3, -0.25) is 9.36 Å². The van der Waals surface area contributed by atoms with Crippen molar-refractivity contribution in [2.75, 3.05) is 39.6 Å². The summed E-state index contributed by atoms with van der Waals surface area (Å²) in [6.07, 6.45) is 2.37. The van der Waals surface area contributed by atoms with Crippen LogP contribution in [0.5, 0.6) is 11.5 Å². The van der Waals surface area contributed by atoms with Gasteiger partial charge in [-0.1, -0.05) is 48.2 Å². The third-order valence-electron chi connectivity index (χ3n) is 6.96. The molecule has 220 valence electrons. The van der Waals surface area contributed by atoms with E-state index in [1.54, 1.807) is 32.4 Å². The lowest BCUT2D eigenvalue weighted by Crippen LogP contribution is -2.27. The van der Waals surface area contributed by atoms with Gasteiger partial charge in [0.05, 0.1) is 24.9 Å². The summed E-state index contributed by atoms with van der Waals surface area (Å²) in [4.78, 5) is 13.0. The number of carbonyl (C=O) groups is 1. The molecule has 3 aromatic carbocycles. The molecule has 1 fully saturated rings. The highest BCUT2D eigenvalue weighted by molar-refractivity contribution is 7.99. The Morgan fingerprint density at radius 3 is 2.43 bits per heavy atom. The fourth-order valence-electron chi connectivity index (χ4n) is 4.80. The summed E-state index contributed by atoms with van der Waals surface area (Å²) in [5, 5.41) is 12.3. The Morgan fingerprint density at radius 2 is 1.69 bits per heavy atom. The number of rotatable bonds is 12. The molecule has 0 radical (unpaired) electrons. The van der Waals surface area contributed by atoms with E-state index in [-0.39, 0.29) is 16.6 Å². The van der Waals surface area contributed by atoms with Gasteiger partial charge >= 0.3 is 0 Å². The number of nitrogens with one attached hydrogen (secondary N) is 1. The number of benzene rings is 3. The zero-order valence-electron chi connectivity index (χ0n) is 23.5. The number of ether oxygens (including phenoxy) is 2. The Hall–Kier alpha value is -3.87. The number of aromatic nitrogens is 3. The molecule has 0 unspecified atom stereocenters. The fourth-order valence-corrected chi connectivity index (χ4v) is 7.14. The van der Waals surface area contributed by atoms with Gasteiger partial charge in [-0.25, -0.2) is 8.42 Å². The Kier molecular flexibility index (Phi) is 9.45. The maximum Gasteiger partial charge on any atom is 0.243 e. The fraction of sp³-hybridized carbons (Fsp3) is 0.300. The molecule has 0 aliphatic carbocycles. The van der Waals surface area contributed by atoms with Crippen LogP contribution in [-0.4, -0.2) is 73.0 Å². The lowest BCUT2D eigenvalue weighted by Gasteiger charge is -2.16. The van der Waals surface area contributed by atoms with E-state index < -0.39 is 10.0 Å². The quantitative estimate of drug-likeness (QED) is 0.239. The van der Waals surface area contributed by atoms with Crippen LogP contribution in [0.2, 0.25) is 0 Å². The molecule has 0 saturated carbocycles. The molecule has 1 aliphatic rings. The molecule has 12 heteroatoms. The number of nitrogens with zero attached hydrogens (tertiary/aromatic N) is 4. The maximum atomic E-state index is 13.2. The van der Waals surface area contributed by atoms with Gasteiger partial charge < -0.3 is 14.8 Å². The highest BCUT2D eigenvalue weighted by Crippen LogP contribution is 2.31. The van der Waals surface area contributed by atoms with E-state index in [2.05, 4.69) is 15.5 Å². The molecular formula is C30H33N5O5S2. The molecule has 4 aromatic rings. The smallest absolute Gasteiger partial charge is 0.243 e. The number of amides is 1. The summed E-state index contributed by atoms with van der Waals surface area (Å²) in [6, 6.07) is 22.1. The van der Waals surface area contributed by atoms with Crippen LogP contribution in [0.15, 0.2) is 82.8 Å². The van der Waals surface area contributed by atoms with Crippen LogP contribution in [0.25, 0.3) is 17.1 Å². The predicted octanol–water partition coefficient (Wildman–Crippen LogP) is 4.19. The predicted molar refractivity (Wildman–Crippen MR) is 162 cm³/mol. The van der Waals surface area contributed by atoms with Crippen LogP contribution in [-0.2, 0) is 21.2 Å². The van der Waals surface area contributed by atoms with Gasteiger partial charge in [0, 0.05) is 30.9 Å². The van der Waals surface area contributed by atoms with Crippen molar-refractivity contribution < 1.29 is 22.7 Å². The van der Waals surface area contributed by atoms with Crippen molar-refractivity contribution in [2.45, 2.75) is 29.3 Å². The highest BCUT2D eigenvalue weighted by Gasteiger charge is 2.28. The Bertz CT molecular complexity index is 1640. The average Bonchev–Trinajstić information content (AvgIpc) is 3.72. The van der Waals surface area contributed by atoms with E-state index in [9.17, 15) is 13.2 Å². The van der Waals surface area contributed by atoms with E-state index in [1.165, 1.54) is 16.1 Å². The van der Waals surface area contributed by atoms with Crippen LogP contribution in [0.4, 0.5) is 0 Å². The second-order valence-corrected chi connectivity index (χ2v) is 12.6. The molecule has 1 amide bonds. The Labute approximate surface area is 250 Å². The SMILES string of the molecule is COc1ccc(CCNC(=O)CSc2nnc(-c3cccc(S(=O)(=O)N4CCCC4)c3)n2-c2ccccc2)cc1OC. The number of para-hydroxylation sites is 1. The first-order chi connectivity index (χ1) is 20.4. The van der Waals surface area contributed by atoms with Gasteiger partial charge in [0.1, 0.15) is 0 Å². The molecule has 1 saturated heterocycles. The monoisotopic (exact) mass is 607 g/mol. The molecule has 1 aliphatic heterocycles. The average molecular weight is 608 g/mol. The van der Waals surface area contributed by atoms with Crippen LogP contribution in [0, 0.1) is 0 Å². The van der Waals surface area contributed by atoms with Crippen molar-refractivity contribution in [3.05, 3.63) is 78.4 Å². The first-order valence-corrected chi connectivity index (χ1v) is 16.0. The van der Waals surface area contributed by atoms with Crippen LogP contribution in [0.1, 0.15) is 18.4 Å². The van der Waals surface area contributed by atoms with Crippen molar-refractivity contribution in [1.29, 1.82) is 0 Å². The molecule has 1 aromatic heterocycles. The van der Waals surface area contributed by atoms with Gasteiger partial charge in [-0.15, -0.1) is 10.2 Å². The van der Waals surface area contributed by atoms with E-state index in [0.29, 0.717) is 54.1 Å². The molecule has 0 spiro atoms. The number of hydrogen-bond acceptors (Lipinski definition) is 8. The second kappa shape index (κ2) is 13.4. The number of thioether (sulfide) groups is 1. The lowest BCUT2D eigenvalue weighted by molar-refractivity contribution is -0.118. The molecular weight excluding hydrogens is 574 g/mol. The standard InChI is InChI=1S/C30H33N5O5S2/c1-39-26-14-13-22(19-27(26)40-2)15-16-31-28(36)21-41-30-33-32-29(35(30)24-10-4-3-5-11-24)23-9-8-12-25(20-23)42(37,38)34-17-6-7-18-34/h3-5,8-14,19-20H,6-7,15-18,21H2,1-2H3,(H,31,36). The molecule has 1 N–H and O–H groups in total. The summed E-state index contributed by atoms with van der Waals surface area (Å²) in [7, 11) is -0.411. The van der Waals surface area contributed by atoms with Gasteiger partial charge in [-0.05, 0) is 61.2 Å². The van der Waals surface area contributed by atoms with Crippen LogP contribution in [0.3, 0.4) is 0 Å². The first-order valence-electron chi connectivity index (χ1n) is 13.6. The van der Waals surface area contributed by atoms with E-state index >= 15 is 0 Å². The summed E-state index contributed by atoms with van der Waals surface area (Å²) in [5.41, 5.74) is 2.45. The first kappa shape index (κ1) is 29.6. The summed E-state index contributed by atoms with van der Waals surface area (Å²) in [6.45, 7) is 1.53. The highest BCUT2D eigenvalue weighted by atomic mass is 32.2. The Morgan fingerprint density at radius 1 is 0.929 bits per heavy atom. The van der Waals surface area contributed by atoms with Gasteiger partial charge in [0.25, 0.3) is 0 Å². The van der Waals surface area contributed by atoms with Crippen LogP contribution >= 0.6 is 11.8 Å². The molecule has 2 heterocycles. The molecule has 5 rings (SSSR count). The Balaban J connectivity index is 1.30. The van der Waals surface area contributed by atoms with Crippen LogP contribution < -0.4 is 14.8 Å². The molecule has 10 nitrogen and oxygen atoms in total. The van der Waals surface area contributed by atoms with Crippen molar-refractivity contribution >= 4 is 27.7 Å². The van der Waals surface area contributed by atoms with Gasteiger partial charge in [0.15, 0.2) is 22.5 Å². The molecule has 42 heavy (non-hydrogen) atoms. The van der Waals surface area contributed by atoms with Crippen molar-refractivity contribution in [3.63, 3.8) is 0 Å².